The van der Waals surface area contributed by atoms with E-state index in [4.69, 9.17) is 10.7 Å². The van der Waals surface area contributed by atoms with Crippen LogP contribution in [0.4, 0.5) is 23.0 Å². The highest BCUT2D eigenvalue weighted by molar-refractivity contribution is 5.96. The maximum atomic E-state index is 13.2. The Labute approximate surface area is 278 Å². The number of carbonyl (C=O) groups excluding carboxylic acids is 2. The predicted octanol–water partition coefficient (Wildman–Crippen LogP) is 5.44. The van der Waals surface area contributed by atoms with Crippen LogP contribution >= 0.6 is 0 Å². The van der Waals surface area contributed by atoms with Crippen LogP contribution in [0.5, 0.6) is 0 Å². The van der Waals surface area contributed by atoms with E-state index in [0.717, 1.165) is 50.7 Å². The van der Waals surface area contributed by atoms with Gasteiger partial charge in [-0.1, -0.05) is 25.0 Å². The average molecular weight is 637 g/mol. The van der Waals surface area contributed by atoms with Crippen molar-refractivity contribution in [1.82, 2.24) is 20.2 Å². The number of primary amides is 1. The number of hydrogen-bond acceptors (Lipinski definition) is 8. The van der Waals surface area contributed by atoms with Crippen molar-refractivity contribution >= 4 is 34.8 Å². The zero-order chi connectivity index (χ0) is 32.5. The molecule has 0 radical (unpaired) electrons. The third kappa shape index (κ3) is 6.93. The second-order valence-electron chi connectivity index (χ2n) is 14.0. The van der Waals surface area contributed by atoms with Crippen molar-refractivity contribution < 1.29 is 9.59 Å². The highest BCUT2D eigenvalue weighted by Crippen LogP contribution is 2.40. The van der Waals surface area contributed by atoms with Crippen LogP contribution in [-0.4, -0.2) is 77.0 Å². The van der Waals surface area contributed by atoms with E-state index in [-0.39, 0.29) is 23.7 Å². The van der Waals surface area contributed by atoms with Crippen molar-refractivity contribution in [2.45, 2.75) is 95.3 Å². The summed E-state index contributed by atoms with van der Waals surface area (Å²) < 4.78 is 0. The van der Waals surface area contributed by atoms with Crippen molar-refractivity contribution in [2.24, 2.45) is 5.73 Å². The minimum absolute atomic E-state index is 0.0181. The number of aromatic nitrogens is 2. The monoisotopic (exact) mass is 636 g/mol. The van der Waals surface area contributed by atoms with Gasteiger partial charge in [0.15, 0.2) is 11.5 Å². The smallest absolute Gasteiger partial charge is 0.271 e. The van der Waals surface area contributed by atoms with Gasteiger partial charge >= 0.3 is 0 Å². The van der Waals surface area contributed by atoms with Crippen molar-refractivity contribution in [3.63, 3.8) is 0 Å². The van der Waals surface area contributed by atoms with Crippen molar-refractivity contribution in [2.75, 3.05) is 41.3 Å². The first-order valence-corrected chi connectivity index (χ1v) is 17.6. The molecule has 2 aliphatic heterocycles. The Bertz CT molecular complexity index is 1570. The van der Waals surface area contributed by atoms with E-state index in [9.17, 15) is 9.59 Å². The minimum atomic E-state index is -0.637. The third-order valence-corrected chi connectivity index (χ3v) is 10.8. The number of piperidine rings is 1. The molecule has 0 bridgehead atoms. The number of benzene rings is 2. The van der Waals surface area contributed by atoms with Crippen LogP contribution in [0.15, 0.2) is 54.7 Å². The summed E-state index contributed by atoms with van der Waals surface area (Å²) in [6.45, 7) is 8.41. The number of nitrogens with one attached hydrogen (secondary N) is 2. The third-order valence-electron chi connectivity index (χ3n) is 10.8. The van der Waals surface area contributed by atoms with Crippen LogP contribution < -0.4 is 26.2 Å². The van der Waals surface area contributed by atoms with Gasteiger partial charge in [0.1, 0.15) is 5.82 Å². The molecule has 10 nitrogen and oxygen atoms in total. The molecule has 10 heteroatoms. The van der Waals surface area contributed by atoms with Gasteiger partial charge in [0.05, 0.1) is 6.20 Å². The molecule has 7 rings (SSSR count). The molecule has 2 saturated carbocycles. The molecule has 1 unspecified atom stereocenters. The molecule has 2 saturated heterocycles. The number of nitrogens with two attached hydrogens (primary N) is 1. The van der Waals surface area contributed by atoms with Gasteiger partial charge in [0.2, 0.25) is 0 Å². The highest BCUT2D eigenvalue weighted by Gasteiger charge is 2.32. The Morgan fingerprint density at radius 2 is 1.60 bits per heavy atom. The first-order valence-electron chi connectivity index (χ1n) is 17.6. The van der Waals surface area contributed by atoms with Gasteiger partial charge in [0, 0.05) is 67.3 Å². The lowest BCUT2D eigenvalue weighted by Gasteiger charge is -2.43. The largest absolute Gasteiger partial charge is 0.366 e. The minimum Gasteiger partial charge on any atom is -0.366 e. The fourth-order valence-electron chi connectivity index (χ4n) is 7.86. The van der Waals surface area contributed by atoms with Gasteiger partial charge in [-0.25, -0.2) is 9.97 Å². The number of nitrogens with zero attached hydrogens (tertiary/aromatic N) is 5. The molecule has 0 spiro atoms. The Balaban J connectivity index is 1.02. The average Bonchev–Trinajstić information content (AvgIpc) is 3.79. The Morgan fingerprint density at radius 3 is 2.28 bits per heavy atom. The van der Waals surface area contributed by atoms with Gasteiger partial charge < -0.3 is 26.2 Å². The SMILES string of the molecule is CC1CN(C2CCCC2)CCN1c1ccc(Nc2nc(N3CCC[C@@H](NC(=O)c4ccc(C5CC5)cc4)[C@H]3C)cnc2C(N)=O)cc1. The number of anilines is 4. The maximum absolute atomic E-state index is 13.2. The zero-order valence-corrected chi connectivity index (χ0v) is 27.7. The summed E-state index contributed by atoms with van der Waals surface area (Å²) in [5.41, 5.74) is 9.83. The molecule has 4 fully saturated rings. The van der Waals surface area contributed by atoms with E-state index >= 15 is 0 Å². The highest BCUT2D eigenvalue weighted by atomic mass is 16.2. The summed E-state index contributed by atoms with van der Waals surface area (Å²) in [5.74, 6) is 0.938. The molecule has 1 aromatic heterocycles. The molecule has 4 aliphatic rings. The van der Waals surface area contributed by atoms with E-state index in [0.29, 0.717) is 29.2 Å². The normalized spacial score (nSPS) is 23.9. The molecule has 2 aromatic carbocycles. The molecule has 4 N–H and O–H groups in total. The summed E-state index contributed by atoms with van der Waals surface area (Å²) in [6, 6.07) is 17.5. The molecule has 3 aromatic rings. The topological polar surface area (TPSA) is 120 Å². The number of carbonyl (C=O) groups is 2. The van der Waals surface area contributed by atoms with Crippen LogP contribution in [0.2, 0.25) is 0 Å². The Kier molecular flexibility index (Phi) is 9.03. The van der Waals surface area contributed by atoms with E-state index < -0.39 is 5.91 Å². The van der Waals surface area contributed by atoms with Crippen LogP contribution in [0.1, 0.15) is 97.5 Å². The summed E-state index contributed by atoms with van der Waals surface area (Å²) in [5, 5.41) is 6.58. The van der Waals surface area contributed by atoms with Crippen LogP contribution in [0, 0.1) is 0 Å². The summed E-state index contributed by atoms with van der Waals surface area (Å²) in [6.07, 6.45) is 11.3. The van der Waals surface area contributed by atoms with E-state index in [2.05, 4.69) is 68.4 Å². The fourth-order valence-corrected chi connectivity index (χ4v) is 7.86. The maximum Gasteiger partial charge on any atom is 0.271 e. The Hall–Kier alpha value is -4.18. The van der Waals surface area contributed by atoms with Crippen molar-refractivity contribution in [1.29, 1.82) is 0 Å². The predicted molar refractivity (Wildman–Crippen MR) is 187 cm³/mol. The van der Waals surface area contributed by atoms with Crippen LogP contribution in [0.3, 0.4) is 0 Å². The molecule has 248 valence electrons. The molecule has 2 aliphatic carbocycles. The molecular weight excluding hydrogens is 588 g/mol. The van der Waals surface area contributed by atoms with Crippen molar-refractivity contribution in [3.8, 4) is 0 Å². The van der Waals surface area contributed by atoms with Crippen LogP contribution in [-0.2, 0) is 0 Å². The number of rotatable bonds is 9. The number of amides is 2. The quantitative estimate of drug-likeness (QED) is 0.284. The first kappa shape index (κ1) is 31.4. The van der Waals surface area contributed by atoms with Crippen LogP contribution in [0.25, 0.3) is 0 Å². The number of hydrogen-bond donors (Lipinski definition) is 3. The second kappa shape index (κ2) is 13.5. The zero-order valence-electron chi connectivity index (χ0n) is 27.7. The van der Waals surface area contributed by atoms with Gasteiger partial charge in [-0.3, -0.25) is 14.5 Å². The Morgan fingerprint density at radius 1 is 0.851 bits per heavy atom. The summed E-state index contributed by atoms with van der Waals surface area (Å²) in [7, 11) is 0. The van der Waals surface area contributed by atoms with Gasteiger partial charge in [-0.15, -0.1) is 0 Å². The molecular formula is C37H48N8O2. The van der Waals surface area contributed by atoms with E-state index in [1.54, 1.807) is 6.20 Å². The molecule has 2 amide bonds. The summed E-state index contributed by atoms with van der Waals surface area (Å²) in [4.78, 5) is 42.2. The van der Waals surface area contributed by atoms with Gasteiger partial charge in [0.25, 0.3) is 11.8 Å². The lowest BCUT2D eigenvalue weighted by molar-refractivity contribution is 0.0923. The fraction of sp³-hybridized carbons (Fsp3) is 0.514. The first-order chi connectivity index (χ1) is 22.8. The molecule has 47 heavy (non-hydrogen) atoms. The standard InChI is InChI=1S/C37H48N8O2/c1-24-23-43(30-6-3-4-7-30)20-21-44(24)31-17-15-29(16-18-31)40-36-34(35(38)46)39-22-33(42-36)45-19-5-8-32(25(45)2)41-37(47)28-13-11-27(12-14-28)26-9-10-26/h11-18,22,24-26,30,32H,3-10,19-21,23H2,1-2H3,(H2,38,46)(H,40,42)(H,41,47)/t24?,25-,32-/m1/s1. The lowest BCUT2D eigenvalue weighted by Crippen LogP contribution is -2.54. The molecule has 3 atom stereocenters. The van der Waals surface area contributed by atoms with Gasteiger partial charge in [-0.2, -0.15) is 0 Å². The van der Waals surface area contributed by atoms with E-state index in [1.807, 2.05) is 24.3 Å². The molecule has 3 heterocycles. The number of piperazine rings is 1. The second-order valence-corrected chi connectivity index (χ2v) is 14.0. The summed E-state index contributed by atoms with van der Waals surface area (Å²) >= 11 is 0. The van der Waals surface area contributed by atoms with E-state index in [1.165, 1.54) is 49.8 Å². The lowest BCUT2D eigenvalue weighted by atomic mass is 9.97. The van der Waals surface area contributed by atoms with Crippen molar-refractivity contribution in [3.05, 3.63) is 71.5 Å². The van der Waals surface area contributed by atoms with Gasteiger partial charge in [-0.05, 0) is 100 Å².